The minimum Gasteiger partial charge on any atom is -0.497 e. The second-order valence-electron chi connectivity index (χ2n) is 3.37. The lowest BCUT2D eigenvalue weighted by molar-refractivity contribution is 0.0957. The Balaban J connectivity index is 2.27. The third-order valence-electron chi connectivity index (χ3n) is 2.34. The van der Waals surface area contributed by atoms with E-state index in [1.54, 1.807) is 13.2 Å². The first-order valence-electron chi connectivity index (χ1n) is 5.00. The largest absolute Gasteiger partial charge is 0.497 e. The topological polar surface area (TPSA) is 64.3 Å². The Hall–Kier alpha value is -1.85. The van der Waals surface area contributed by atoms with Gasteiger partial charge in [-0.3, -0.25) is 10.2 Å². The standard InChI is InChI=1S/C12H12N2O2S/c1-16-9-4-2-8(3-5-9)10-6-7-11(17-10)12(15)14-13/h2-7H,13H2,1H3,(H,14,15). The number of benzene rings is 1. The van der Waals surface area contributed by atoms with Crippen LogP contribution >= 0.6 is 11.3 Å². The van der Waals surface area contributed by atoms with Gasteiger partial charge in [-0.05, 0) is 42.0 Å². The van der Waals surface area contributed by atoms with E-state index < -0.39 is 0 Å². The molecule has 0 spiro atoms. The van der Waals surface area contributed by atoms with Crippen LogP contribution in [0.5, 0.6) is 5.75 Å². The number of thiophene rings is 1. The van der Waals surface area contributed by atoms with E-state index in [2.05, 4.69) is 5.43 Å². The summed E-state index contributed by atoms with van der Waals surface area (Å²) >= 11 is 1.40. The zero-order valence-corrected chi connectivity index (χ0v) is 10.1. The van der Waals surface area contributed by atoms with Crippen LogP contribution in [0.2, 0.25) is 0 Å². The fraction of sp³-hybridized carbons (Fsp3) is 0.0833. The van der Waals surface area contributed by atoms with Crippen LogP contribution in [0, 0.1) is 0 Å². The molecule has 3 N–H and O–H groups in total. The maximum absolute atomic E-state index is 11.3. The number of carbonyl (C=O) groups excluding carboxylic acids is 1. The molecule has 5 heteroatoms. The van der Waals surface area contributed by atoms with E-state index in [1.807, 2.05) is 30.3 Å². The predicted octanol–water partition coefficient (Wildman–Crippen LogP) is 2.03. The van der Waals surface area contributed by atoms with Crippen LogP contribution in [0.25, 0.3) is 10.4 Å². The number of carbonyl (C=O) groups is 1. The Labute approximate surface area is 103 Å². The van der Waals surface area contributed by atoms with Gasteiger partial charge in [0.25, 0.3) is 5.91 Å². The summed E-state index contributed by atoms with van der Waals surface area (Å²) in [5.74, 6) is 5.62. The molecule has 2 aromatic rings. The van der Waals surface area contributed by atoms with E-state index in [1.165, 1.54) is 11.3 Å². The lowest BCUT2D eigenvalue weighted by atomic mass is 10.2. The van der Waals surface area contributed by atoms with Crippen LogP contribution in [0.15, 0.2) is 36.4 Å². The Morgan fingerprint density at radius 2 is 1.94 bits per heavy atom. The molecule has 88 valence electrons. The molecule has 0 unspecified atom stereocenters. The third kappa shape index (κ3) is 2.46. The highest BCUT2D eigenvalue weighted by atomic mass is 32.1. The van der Waals surface area contributed by atoms with Gasteiger partial charge in [-0.2, -0.15) is 0 Å². The van der Waals surface area contributed by atoms with E-state index in [-0.39, 0.29) is 5.91 Å². The first-order chi connectivity index (χ1) is 8.24. The summed E-state index contributed by atoms with van der Waals surface area (Å²) in [6, 6.07) is 11.3. The molecular weight excluding hydrogens is 236 g/mol. The molecule has 0 saturated carbocycles. The fourth-order valence-corrected chi connectivity index (χ4v) is 2.36. The van der Waals surface area contributed by atoms with Crippen LogP contribution in [0.1, 0.15) is 9.67 Å². The van der Waals surface area contributed by atoms with Gasteiger partial charge >= 0.3 is 0 Å². The molecule has 1 aromatic heterocycles. The van der Waals surface area contributed by atoms with Crippen molar-refractivity contribution in [2.75, 3.05) is 7.11 Å². The summed E-state index contributed by atoms with van der Waals surface area (Å²) in [6.07, 6.45) is 0. The van der Waals surface area contributed by atoms with E-state index in [4.69, 9.17) is 10.6 Å². The number of methoxy groups -OCH3 is 1. The summed E-state index contributed by atoms with van der Waals surface area (Å²) in [7, 11) is 1.63. The van der Waals surface area contributed by atoms with Crippen molar-refractivity contribution in [2.45, 2.75) is 0 Å². The lowest BCUT2D eigenvalue weighted by Gasteiger charge is -2.00. The highest BCUT2D eigenvalue weighted by Gasteiger charge is 2.08. The summed E-state index contributed by atoms with van der Waals surface area (Å²) < 4.78 is 5.09. The monoisotopic (exact) mass is 248 g/mol. The zero-order valence-electron chi connectivity index (χ0n) is 9.27. The molecule has 17 heavy (non-hydrogen) atoms. The van der Waals surface area contributed by atoms with Crippen molar-refractivity contribution in [3.05, 3.63) is 41.3 Å². The number of amides is 1. The maximum Gasteiger partial charge on any atom is 0.275 e. The molecule has 0 saturated heterocycles. The number of hydrazine groups is 1. The number of ether oxygens (including phenoxy) is 1. The summed E-state index contributed by atoms with van der Waals surface area (Å²) in [4.78, 5) is 12.9. The number of rotatable bonds is 3. The number of hydrogen-bond acceptors (Lipinski definition) is 4. The summed E-state index contributed by atoms with van der Waals surface area (Å²) in [5, 5.41) is 0. The smallest absolute Gasteiger partial charge is 0.275 e. The van der Waals surface area contributed by atoms with Gasteiger partial charge < -0.3 is 4.74 Å². The average molecular weight is 248 g/mol. The SMILES string of the molecule is COc1ccc(-c2ccc(C(=O)NN)s2)cc1. The van der Waals surface area contributed by atoms with Crippen molar-refractivity contribution in [2.24, 2.45) is 5.84 Å². The van der Waals surface area contributed by atoms with E-state index in [0.717, 1.165) is 16.2 Å². The van der Waals surface area contributed by atoms with Crippen molar-refractivity contribution in [3.63, 3.8) is 0 Å². The second-order valence-corrected chi connectivity index (χ2v) is 4.45. The van der Waals surface area contributed by atoms with Crippen LogP contribution in [0.4, 0.5) is 0 Å². The van der Waals surface area contributed by atoms with Gasteiger partial charge in [0.15, 0.2) is 0 Å². The van der Waals surface area contributed by atoms with Crippen LogP contribution in [0.3, 0.4) is 0 Å². The fourth-order valence-electron chi connectivity index (χ4n) is 1.44. The van der Waals surface area contributed by atoms with Gasteiger partial charge in [0.05, 0.1) is 12.0 Å². The molecule has 2 rings (SSSR count). The minimum atomic E-state index is -0.269. The quantitative estimate of drug-likeness (QED) is 0.496. The minimum absolute atomic E-state index is 0.269. The van der Waals surface area contributed by atoms with E-state index >= 15 is 0 Å². The molecular formula is C12H12N2O2S. The van der Waals surface area contributed by atoms with E-state index in [0.29, 0.717) is 4.88 Å². The molecule has 0 fully saturated rings. The summed E-state index contributed by atoms with van der Waals surface area (Å²) in [6.45, 7) is 0. The molecule has 0 atom stereocenters. The molecule has 0 aliphatic heterocycles. The van der Waals surface area contributed by atoms with Gasteiger partial charge in [-0.1, -0.05) is 0 Å². The molecule has 0 aliphatic carbocycles. The Morgan fingerprint density at radius 3 is 2.53 bits per heavy atom. The first kappa shape index (κ1) is 11.6. The molecule has 0 radical (unpaired) electrons. The lowest BCUT2D eigenvalue weighted by Crippen LogP contribution is -2.29. The van der Waals surface area contributed by atoms with Crippen molar-refractivity contribution in [1.29, 1.82) is 0 Å². The number of nitrogens with one attached hydrogen (secondary N) is 1. The third-order valence-corrected chi connectivity index (χ3v) is 3.47. The number of nitrogen functional groups attached to an aromatic ring is 1. The van der Waals surface area contributed by atoms with Crippen molar-refractivity contribution < 1.29 is 9.53 Å². The normalized spacial score (nSPS) is 10.0. The van der Waals surface area contributed by atoms with Crippen LogP contribution in [-0.4, -0.2) is 13.0 Å². The highest BCUT2D eigenvalue weighted by Crippen LogP contribution is 2.29. The van der Waals surface area contributed by atoms with Crippen molar-refractivity contribution in [1.82, 2.24) is 5.43 Å². The zero-order chi connectivity index (χ0) is 12.3. The Morgan fingerprint density at radius 1 is 1.24 bits per heavy atom. The van der Waals surface area contributed by atoms with Gasteiger partial charge in [0.1, 0.15) is 5.75 Å². The molecule has 1 heterocycles. The summed E-state index contributed by atoms with van der Waals surface area (Å²) in [5.41, 5.74) is 3.16. The Kier molecular flexibility index (Phi) is 3.41. The first-order valence-corrected chi connectivity index (χ1v) is 5.81. The predicted molar refractivity (Wildman–Crippen MR) is 68.0 cm³/mol. The molecule has 1 amide bonds. The van der Waals surface area contributed by atoms with Crippen molar-refractivity contribution >= 4 is 17.2 Å². The molecule has 4 nitrogen and oxygen atoms in total. The molecule has 0 bridgehead atoms. The van der Waals surface area contributed by atoms with Gasteiger partial charge in [0.2, 0.25) is 0 Å². The van der Waals surface area contributed by atoms with Gasteiger partial charge in [0, 0.05) is 4.88 Å². The Bertz CT molecular complexity index is 520. The van der Waals surface area contributed by atoms with Gasteiger partial charge in [-0.15, -0.1) is 11.3 Å². The second kappa shape index (κ2) is 4.99. The highest BCUT2D eigenvalue weighted by molar-refractivity contribution is 7.17. The van der Waals surface area contributed by atoms with Crippen LogP contribution in [-0.2, 0) is 0 Å². The molecule has 1 aromatic carbocycles. The average Bonchev–Trinajstić information content (AvgIpc) is 2.87. The number of nitrogens with two attached hydrogens (primary N) is 1. The van der Waals surface area contributed by atoms with E-state index in [9.17, 15) is 4.79 Å². The number of hydrogen-bond donors (Lipinski definition) is 2. The maximum atomic E-state index is 11.3. The van der Waals surface area contributed by atoms with Gasteiger partial charge in [-0.25, -0.2) is 5.84 Å². The molecule has 0 aliphatic rings. The van der Waals surface area contributed by atoms with Crippen molar-refractivity contribution in [3.8, 4) is 16.2 Å². The van der Waals surface area contributed by atoms with Crippen LogP contribution < -0.4 is 16.0 Å².